The molecule has 0 unspecified atom stereocenters. The zero-order valence-corrected chi connectivity index (χ0v) is 23.5. The van der Waals surface area contributed by atoms with Crippen LogP contribution in [0.25, 0.3) is 0 Å². The molecule has 2 N–H and O–H groups in total. The molecule has 0 heterocycles. The Morgan fingerprint density at radius 3 is 1.27 bits per heavy atom. The predicted octanol–water partition coefficient (Wildman–Crippen LogP) is 8.02. The quantitative estimate of drug-likeness (QED) is 0.0911. The van der Waals surface area contributed by atoms with Crippen LogP contribution in [0.4, 0.5) is 0 Å². The van der Waals surface area contributed by atoms with Crippen molar-refractivity contribution in [3.8, 4) is 0 Å². The summed E-state index contributed by atoms with van der Waals surface area (Å²) in [5.41, 5.74) is -3.11. The zero-order chi connectivity index (χ0) is 20.3. The molecule has 0 atom stereocenters. The average Bonchev–Trinajstić information content (AvgIpc) is 2.49. The summed E-state index contributed by atoms with van der Waals surface area (Å²) in [7, 11) is 0. The van der Waals surface area contributed by atoms with E-state index in [1.807, 2.05) is 0 Å². The first-order valence-electron chi connectivity index (χ1n) is 10.9. The van der Waals surface area contributed by atoms with Gasteiger partial charge in [0.15, 0.2) is 0 Å². The maximum Gasteiger partial charge on any atom is 0.239 e. The SMILES string of the molecule is CC(C)CCCCCC[CH2][Zn][CH2]CCCCCCC(C)C.OP(O)(=S)S. The average molecular weight is 478 g/mol. The van der Waals surface area contributed by atoms with E-state index in [1.54, 1.807) is 22.9 Å². The van der Waals surface area contributed by atoms with Gasteiger partial charge in [0, 0.05) is 0 Å². The number of rotatable bonds is 16. The van der Waals surface area contributed by atoms with Crippen molar-refractivity contribution in [2.24, 2.45) is 11.8 Å². The van der Waals surface area contributed by atoms with Crippen molar-refractivity contribution in [2.75, 3.05) is 0 Å². The van der Waals surface area contributed by atoms with Gasteiger partial charge in [-0.05, 0) is 11.8 Å². The molecule has 0 saturated heterocycles. The van der Waals surface area contributed by atoms with E-state index in [4.69, 9.17) is 9.79 Å². The zero-order valence-electron chi connectivity index (χ0n) is 18.0. The topological polar surface area (TPSA) is 40.5 Å². The molecule has 0 aliphatic heterocycles. The fourth-order valence-electron chi connectivity index (χ4n) is 3.05. The first-order valence-corrected chi connectivity index (χ1v) is 19.0. The third kappa shape index (κ3) is 40.3. The maximum atomic E-state index is 7.87. The molecule has 2 nitrogen and oxygen atoms in total. The number of hydrogen-bond acceptors (Lipinski definition) is 1. The fraction of sp³-hybridized carbons (Fsp3) is 1.00. The molecule has 0 aliphatic rings. The second kappa shape index (κ2) is 21.3. The summed E-state index contributed by atoms with van der Waals surface area (Å²) >= 11 is 6.97. The van der Waals surface area contributed by atoms with Gasteiger partial charge in [-0.25, -0.2) is 0 Å². The molecule has 0 amide bonds. The maximum absolute atomic E-state index is 7.87. The largest absolute Gasteiger partial charge is 0.338 e. The van der Waals surface area contributed by atoms with E-state index in [0.29, 0.717) is 0 Å². The van der Waals surface area contributed by atoms with Crippen LogP contribution in [0.5, 0.6) is 0 Å². The first-order chi connectivity index (χ1) is 12.1. The van der Waals surface area contributed by atoms with E-state index in [-0.39, 0.29) is 17.1 Å². The Labute approximate surface area is 182 Å². The van der Waals surface area contributed by atoms with Crippen molar-refractivity contribution in [2.45, 2.75) is 115 Å². The van der Waals surface area contributed by atoms with Gasteiger partial charge in [-0.2, -0.15) is 0 Å². The smallest absolute Gasteiger partial charge is 0.239 e. The molecular weight excluding hydrogens is 433 g/mol. The molecule has 0 aliphatic carbocycles. The molecule has 0 bridgehead atoms. The number of hydrogen-bond donors (Lipinski definition) is 3. The second-order valence-corrected chi connectivity index (χ2v) is 18.0. The van der Waals surface area contributed by atoms with Crippen LogP contribution in [0.15, 0.2) is 0 Å². The second-order valence-electron chi connectivity index (χ2n) is 8.47. The van der Waals surface area contributed by atoms with E-state index >= 15 is 0 Å². The molecule has 0 radical (unpaired) electrons. The van der Waals surface area contributed by atoms with Crippen molar-refractivity contribution < 1.29 is 26.9 Å². The van der Waals surface area contributed by atoms with Gasteiger partial charge >= 0.3 is 144 Å². The molecule has 26 heavy (non-hydrogen) atoms. The molecule has 0 rings (SSSR count). The normalized spacial score (nSPS) is 11.4. The van der Waals surface area contributed by atoms with E-state index in [0.717, 1.165) is 11.8 Å². The van der Waals surface area contributed by atoms with Gasteiger partial charge in [0.1, 0.15) is 0 Å². The minimum atomic E-state index is -3.11. The van der Waals surface area contributed by atoms with Crippen molar-refractivity contribution in [1.82, 2.24) is 0 Å². The van der Waals surface area contributed by atoms with Gasteiger partial charge < -0.3 is 9.79 Å². The molecular formula is C20H45O2PS2Zn. The van der Waals surface area contributed by atoms with Crippen LogP contribution in [-0.4, -0.2) is 9.79 Å². The first kappa shape index (κ1) is 29.7. The van der Waals surface area contributed by atoms with Crippen LogP contribution in [0.3, 0.4) is 0 Å². The Morgan fingerprint density at radius 1 is 0.692 bits per heavy atom. The Bertz CT molecular complexity index is 295. The number of unbranched alkanes of at least 4 members (excludes halogenated alkanes) is 8. The van der Waals surface area contributed by atoms with E-state index < -0.39 is 5.69 Å². The monoisotopic (exact) mass is 476 g/mol. The molecule has 6 heteroatoms. The van der Waals surface area contributed by atoms with Crippen molar-refractivity contribution in [3.63, 3.8) is 0 Å². The van der Waals surface area contributed by atoms with Gasteiger partial charge in [0.2, 0.25) is 5.69 Å². The van der Waals surface area contributed by atoms with Crippen LogP contribution in [0.2, 0.25) is 10.0 Å². The number of thiol groups is 1. The predicted molar refractivity (Wildman–Crippen MR) is 122 cm³/mol. The third-order valence-electron chi connectivity index (χ3n) is 4.56. The summed E-state index contributed by atoms with van der Waals surface area (Å²) < 4.78 is 0. The van der Waals surface area contributed by atoms with Crippen LogP contribution in [0.1, 0.15) is 105 Å². The summed E-state index contributed by atoms with van der Waals surface area (Å²) in [5, 5.41) is 3.34. The molecule has 156 valence electrons. The van der Waals surface area contributed by atoms with Gasteiger partial charge in [-0.3, -0.25) is 0 Å². The molecule has 0 fully saturated rings. The van der Waals surface area contributed by atoms with Crippen LogP contribution < -0.4 is 0 Å². The molecule has 0 aromatic heterocycles. The van der Waals surface area contributed by atoms with Gasteiger partial charge in [-0.15, -0.1) is 0 Å². The standard InChI is InChI=1S/2C10H21.H3O2PS2.Zn/c2*1-4-5-6-7-8-9-10(2)3;1-3(2,4)5;/h2*10H,1,4-9H2,2-3H3;(H3,1,2,4,5);. The third-order valence-corrected chi connectivity index (χ3v) is 8.76. The minimum absolute atomic E-state index is 0.106. The van der Waals surface area contributed by atoms with Crippen LogP contribution in [0, 0.1) is 11.8 Å². The fourth-order valence-corrected chi connectivity index (χ4v) is 6.76. The molecule has 0 saturated carbocycles. The van der Waals surface area contributed by atoms with Gasteiger partial charge in [0.25, 0.3) is 0 Å². The molecule has 0 spiro atoms. The van der Waals surface area contributed by atoms with Crippen molar-refractivity contribution >= 4 is 29.7 Å². The van der Waals surface area contributed by atoms with Crippen molar-refractivity contribution in [3.05, 3.63) is 0 Å². The minimum Gasteiger partial charge on any atom is -0.338 e. The molecule has 0 aromatic rings. The Morgan fingerprint density at radius 2 is 0.962 bits per heavy atom. The summed E-state index contributed by atoms with van der Waals surface area (Å²) in [4.78, 5) is 15.7. The van der Waals surface area contributed by atoms with E-state index in [1.165, 1.54) is 64.2 Å². The van der Waals surface area contributed by atoms with Crippen LogP contribution >= 0.6 is 17.9 Å². The Balaban J connectivity index is 0. The summed E-state index contributed by atoms with van der Waals surface area (Å²) in [6, 6.07) is 0. The van der Waals surface area contributed by atoms with Crippen molar-refractivity contribution in [1.29, 1.82) is 0 Å². The van der Waals surface area contributed by atoms with Gasteiger partial charge in [-0.1, -0.05) is 12.2 Å². The molecule has 0 aromatic carbocycles. The summed E-state index contributed by atoms with van der Waals surface area (Å²) in [6.45, 7) is 9.38. The van der Waals surface area contributed by atoms with Gasteiger partial charge in [0.05, 0.1) is 0 Å². The van der Waals surface area contributed by atoms with E-state index in [2.05, 4.69) is 51.8 Å². The Kier molecular flexibility index (Phi) is 24.3. The summed E-state index contributed by atoms with van der Waals surface area (Å²) in [6.07, 6.45) is 18.0. The Hall–Kier alpha value is 1.54. The summed E-state index contributed by atoms with van der Waals surface area (Å²) in [5.74, 6) is 1.82. The van der Waals surface area contributed by atoms with E-state index in [9.17, 15) is 0 Å². The van der Waals surface area contributed by atoms with Crippen LogP contribution in [-0.2, 0) is 28.9 Å².